The molecule has 0 aliphatic carbocycles. The van der Waals surface area contributed by atoms with Crippen molar-refractivity contribution in [1.82, 2.24) is 9.21 Å². The van der Waals surface area contributed by atoms with Gasteiger partial charge in [-0.1, -0.05) is 23.7 Å². The van der Waals surface area contributed by atoms with Gasteiger partial charge in [-0.05, 0) is 55.3 Å². The van der Waals surface area contributed by atoms with E-state index in [1.165, 1.54) is 32.3 Å². The largest absolute Gasteiger partial charge is 0.368 e. The number of primary amides is 1. The molecule has 0 spiro atoms. The summed E-state index contributed by atoms with van der Waals surface area (Å²) in [5.74, 6) is -0.849. The third kappa shape index (κ3) is 5.24. The van der Waals surface area contributed by atoms with Crippen LogP contribution in [0.3, 0.4) is 0 Å². The second kappa shape index (κ2) is 9.35. The number of hydrogen-bond donors (Lipinski definition) is 2. The van der Waals surface area contributed by atoms with Crippen molar-refractivity contribution in [2.45, 2.75) is 30.3 Å². The molecule has 0 aromatic heterocycles. The van der Waals surface area contributed by atoms with Gasteiger partial charge < -0.3 is 11.1 Å². The third-order valence-electron chi connectivity index (χ3n) is 5.22. The lowest BCUT2D eigenvalue weighted by atomic mass is 10.1. The van der Waals surface area contributed by atoms with Crippen molar-refractivity contribution in [1.29, 1.82) is 0 Å². The molecule has 2 aromatic carbocycles. The number of sulfonamides is 1. The Balaban J connectivity index is 1.78. The Labute approximate surface area is 187 Å². The van der Waals surface area contributed by atoms with Crippen molar-refractivity contribution >= 4 is 39.1 Å². The molecule has 166 valence electrons. The summed E-state index contributed by atoms with van der Waals surface area (Å²) in [6.45, 7) is 1.32. The zero-order valence-electron chi connectivity index (χ0n) is 17.3. The van der Waals surface area contributed by atoms with Crippen molar-refractivity contribution in [2.24, 2.45) is 5.73 Å². The molecule has 1 aliphatic heterocycles. The molecule has 1 fully saturated rings. The molecule has 1 aliphatic rings. The molecule has 3 N–H and O–H groups in total. The van der Waals surface area contributed by atoms with E-state index in [-0.39, 0.29) is 27.4 Å². The van der Waals surface area contributed by atoms with Gasteiger partial charge in [0.15, 0.2) is 0 Å². The van der Waals surface area contributed by atoms with Crippen molar-refractivity contribution in [3.8, 4) is 0 Å². The second-order valence-electron chi connectivity index (χ2n) is 7.61. The van der Waals surface area contributed by atoms with Gasteiger partial charge in [0, 0.05) is 26.3 Å². The summed E-state index contributed by atoms with van der Waals surface area (Å²) in [6.07, 6.45) is 1.66. The molecule has 1 unspecified atom stereocenters. The number of hydrogen-bond acceptors (Lipinski definition) is 5. The van der Waals surface area contributed by atoms with E-state index in [9.17, 15) is 18.0 Å². The lowest BCUT2D eigenvalue weighted by Crippen LogP contribution is -2.39. The van der Waals surface area contributed by atoms with Crippen LogP contribution in [0.25, 0.3) is 0 Å². The molecule has 8 nitrogen and oxygen atoms in total. The fourth-order valence-electron chi connectivity index (χ4n) is 3.57. The molecule has 1 heterocycles. The van der Waals surface area contributed by atoms with Crippen molar-refractivity contribution in [3.05, 3.63) is 58.6 Å². The van der Waals surface area contributed by atoms with Crippen molar-refractivity contribution in [2.75, 3.05) is 26.0 Å². The molecule has 0 radical (unpaired) electrons. The van der Waals surface area contributed by atoms with E-state index < -0.39 is 15.9 Å². The predicted molar refractivity (Wildman–Crippen MR) is 119 cm³/mol. The lowest BCUT2D eigenvalue weighted by molar-refractivity contribution is -0.122. The van der Waals surface area contributed by atoms with Crippen LogP contribution in [-0.4, -0.2) is 56.1 Å². The van der Waals surface area contributed by atoms with Crippen LogP contribution in [0, 0.1) is 0 Å². The number of amides is 2. The Morgan fingerprint density at radius 1 is 1.23 bits per heavy atom. The lowest BCUT2D eigenvalue weighted by Gasteiger charge is -2.22. The van der Waals surface area contributed by atoms with Gasteiger partial charge in [0.05, 0.1) is 21.5 Å². The molecular weight excluding hydrogens is 440 g/mol. The smallest absolute Gasteiger partial charge is 0.257 e. The first kappa shape index (κ1) is 23.2. The first-order valence-electron chi connectivity index (χ1n) is 9.75. The molecule has 2 amide bonds. The fraction of sp³-hybridized carbons (Fsp3) is 0.333. The predicted octanol–water partition coefficient (Wildman–Crippen LogP) is 2.29. The monoisotopic (exact) mass is 464 g/mol. The Bertz CT molecular complexity index is 1100. The summed E-state index contributed by atoms with van der Waals surface area (Å²) in [7, 11) is -0.874. The number of nitrogens with one attached hydrogen (secondary N) is 1. The third-order valence-corrected chi connectivity index (χ3v) is 7.36. The summed E-state index contributed by atoms with van der Waals surface area (Å²) in [4.78, 5) is 26.4. The molecular formula is C21H25ClN4O4S. The van der Waals surface area contributed by atoms with Crippen LogP contribution in [0.2, 0.25) is 5.02 Å². The van der Waals surface area contributed by atoms with Gasteiger partial charge in [0.2, 0.25) is 15.9 Å². The highest BCUT2D eigenvalue weighted by molar-refractivity contribution is 7.89. The van der Waals surface area contributed by atoms with Gasteiger partial charge in [-0.25, -0.2) is 12.7 Å². The number of anilines is 1. The Hall–Kier alpha value is -2.46. The van der Waals surface area contributed by atoms with E-state index in [0.29, 0.717) is 12.2 Å². The van der Waals surface area contributed by atoms with Crippen molar-refractivity contribution < 1.29 is 18.0 Å². The quantitative estimate of drug-likeness (QED) is 0.652. The van der Waals surface area contributed by atoms with Gasteiger partial charge >= 0.3 is 0 Å². The summed E-state index contributed by atoms with van der Waals surface area (Å²) in [5.41, 5.74) is 6.99. The molecule has 31 heavy (non-hydrogen) atoms. The first-order valence-corrected chi connectivity index (χ1v) is 11.6. The average Bonchev–Trinajstić information content (AvgIpc) is 3.16. The SMILES string of the molecule is CN(C)S(=O)(=O)c1ccc(Cl)c(C(=O)Nc2cccc(CN3CCCC3C(N)=O)c2)c1. The number of benzene rings is 2. The number of nitrogens with two attached hydrogens (primary N) is 1. The minimum absolute atomic E-state index is 0.0210. The molecule has 10 heteroatoms. The maximum Gasteiger partial charge on any atom is 0.257 e. The van der Waals surface area contributed by atoms with Crippen LogP contribution in [0.1, 0.15) is 28.8 Å². The number of likely N-dealkylation sites (tertiary alicyclic amines) is 1. The number of halogens is 1. The molecule has 1 saturated heterocycles. The van der Waals surface area contributed by atoms with Crippen LogP contribution in [0.4, 0.5) is 5.69 Å². The van der Waals surface area contributed by atoms with E-state index in [4.69, 9.17) is 17.3 Å². The average molecular weight is 465 g/mol. The van der Waals surface area contributed by atoms with Crippen LogP contribution in [-0.2, 0) is 21.4 Å². The molecule has 3 rings (SSSR count). The van der Waals surface area contributed by atoms with E-state index in [2.05, 4.69) is 5.32 Å². The summed E-state index contributed by atoms with van der Waals surface area (Å²) >= 11 is 6.16. The van der Waals surface area contributed by atoms with E-state index in [0.717, 1.165) is 29.3 Å². The minimum atomic E-state index is -3.70. The molecule has 1 atom stereocenters. The Morgan fingerprint density at radius 3 is 2.65 bits per heavy atom. The Morgan fingerprint density at radius 2 is 1.97 bits per heavy atom. The number of rotatable bonds is 7. The van der Waals surface area contributed by atoms with Crippen LogP contribution in [0.15, 0.2) is 47.4 Å². The van der Waals surface area contributed by atoms with Crippen LogP contribution >= 0.6 is 11.6 Å². The van der Waals surface area contributed by atoms with Gasteiger partial charge in [-0.15, -0.1) is 0 Å². The summed E-state index contributed by atoms with van der Waals surface area (Å²) in [6, 6.07) is 11.0. The van der Waals surface area contributed by atoms with Gasteiger partial charge in [-0.2, -0.15) is 0 Å². The maximum atomic E-state index is 12.8. The highest BCUT2D eigenvalue weighted by Crippen LogP contribution is 2.24. The van der Waals surface area contributed by atoms with Gasteiger partial charge in [0.1, 0.15) is 0 Å². The molecule has 0 bridgehead atoms. The second-order valence-corrected chi connectivity index (χ2v) is 10.2. The fourth-order valence-corrected chi connectivity index (χ4v) is 4.70. The van der Waals surface area contributed by atoms with E-state index in [1.54, 1.807) is 12.1 Å². The number of nitrogens with zero attached hydrogens (tertiary/aromatic N) is 2. The standard InChI is InChI=1S/C21H25ClN4O4S/c1-25(2)31(29,30)16-8-9-18(22)17(12-16)21(28)24-15-6-3-5-14(11-15)13-26-10-4-7-19(26)20(23)27/h3,5-6,8-9,11-12,19H,4,7,10,13H2,1-2H3,(H2,23,27)(H,24,28). The normalized spacial score (nSPS) is 17.1. The highest BCUT2D eigenvalue weighted by atomic mass is 35.5. The van der Waals surface area contributed by atoms with Crippen LogP contribution < -0.4 is 11.1 Å². The number of carbonyl (C=O) groups excluding carboxylic acids is 2. The summed E-state index contributed by atoms with van der Waals surface area (Å²) < 4.78 is 25.8. The minimum Gasteiger partial charge on any atom is -0.368 e. The van der Waals surface area contributed by atoms with Gasteiger partial charge in [-0.3, -0.25) is 14.5 Å². The van der Waals surface area contributed by atoms with Gasteiger partial charge in [0.25, 0.3) is 5.91 Å². The number of carbonyl (C=O) groups is 2. The van der Waals surface area contributed by atoms with Crippen molar-refractivity contribution in [3.63, 3.8) is 0 Å². The first-order chi connectivity index (χ1) is 14.6. The van der Waals surface area contributed by atoms with E-state index in [1.807, 2.05) is 17.0 Å². The zero-order chi connectivity index (χ0) is 22.8. The summed E-state index contributed by atoms with van der Waals surface area (Å²) in [5, 5.41) is 2.91. The molecule has 0 saturated carbocycles. The topological polar surface area (TPSA) is 113 Å². The Kier molecular flexibility index (Phi) is 7.00. The zero-order valence-corrected chi connectivity index (χ0v) is 18.9. The van der Waals surface area contributed by atoms with E-state index >= 15 is 0 Å². The van der Waals surface area contributed by atoms with Crippen LogP contribution in [0.5, 0.6) is 0 Å². The molecule has 2 aromatic rings. The maximum absolute atomic E-state index is 12.8. The highest BCUT2D eigenvalue weighted by Gasteiger charge is 2.28.